The first-order valence-electron chi connectivity index (χ1n) is 4.75. The molecular formula is C8H14N4O4S. The lowest BCUT2D eigenvalue weighted by Crippen LogP contribution is -2.35. The maximum absolute atomic E-state index is 11.6. The van der Waals surface area contributed by atoms with E-state index in [9.17, 15) is 13.2 Å². The molecule has 9 heteroatoms. The highest BCUT2D eigenvalue weighted by Crippen LogP contribution is 2.14. The quantitative estimate of drug-likeness (QED) is 0.727. The number of anilines is 1. The average molecular weight is 262 g/mol. The molecule has 0 saturated carbocycles. The Balaban J connectivity index is 2.93. The van der Waals surface area contributed by atoms with Crippen LogP contribution in [-0.4, -0.2) is 36.5 Å². The van der Waals surface area contributed by atoms with Gasteiger partial charge in [0.25, 0.3) is 5.88 Å². The Morgan fingerprint density at radius 3 is 2.65 bits per heavy atom. The fourth-order valence-corrected chi connectivity index (χ4v) is 1.43. The second kappa shape index (κ2) is 4.62. The van der Waals surface area contributed by atoms with Crippen molar-refractivity contribution in [1.29, 1.82) is 0 Å². The molecule has 96 valence electrons. The van der Waals surface area contributed by atoms with Crippen LogP contribution in [0.2, 0.25) is 0 Å². The molecule has 0 aliphatic rings. The lowest BCUT2D eigenvalue weighted by Gasteiger charge is -2.08. The van der Waals surface area contributed by atoms with Crippen molar-refractivity contribution in [3.8, 4) is 5.88 Å². The molecule has 0 radical (unpaired) electrons. The van der Waals surface area contributed by atoms with Gasteiger partial charge < -0.3 is 15.2 Å². The van der Waals surface area contributed by atoms with Crippen LogP contribution in [-0.2, 0) is 10.1 Å². The van der Waals surface area contributed by atoms with Gasteiger partial charge in [0.05, 0.1) is 6.26 Å². The van der Waals surface area contributed by atoms with E-state index < -0.39 is 16.1 Å². The summed E-state index contributed by atoms with van der Waals surface area (Å²) in [5.41, 5.74) is 5.50. The van der Waals surface area contributed by atoms with Crippen LogP contribution in [0.1, 0.15) is 13.8 Å². The smallest absolute Gasteiger partial charge is 0.344 e. The Bertz CT molecular complexity index is 520. The summed E-state index contributed by atoms with van der Waals surface area (Å²) >= 11 is 0. The summed E-state index contributed by atoms with van der Waals surface area (Å²) < 4.78 is 27.0. The van der Waals surface area contributed by atoms with Crippen LogP contribution >= 0.6 is 0 Å². The number of carbonyl (C=O) groups excluding carboxylic acids is 1. The van der Waals surface area contributed by atoms with E-state index in [1.807, 2.05) is 0 Å². The van der Waals surface area contributed by atoms with Gasteiger partial charge in [-0.25, -0.2) is 4.79 Å². The van der Waals surface area contributed by atoms with Gasteiger partial charge in [-0.3, -0.25) is 0 Å². The van der Waals surface area contributed by atoms with Gasteiger partial charge in [-0.1, -0.05) is 0 Å². The first-order valence-corrected chi connectivity index (χ1v) is 6.56. The van der Waals surface area contributed by atoms with Crippen molar-refractivity contribution in [3.05, 3.63) is 6.07 Å². The van der Waals surface area contributed by atoms with Crippen molar-refractivity contribution in [2.75, 3.05) is 12.0 Å². The van der Waals surface area contributed by atoms with Crippen LogP contribution in [0.3, 0.4) is 0 Å². The maximum atomic E-state index is 11.6. The summed E-state index contributed by atoms with van der Waals surface area (Å²) in [7, 11) is -3.69. The summed E-state index contributed by atoms with van der Waals surface area (Å²) in [5, 5.41) is 6.18. The minimum absolute atomic E-state index is 0.0122. The van der Waals surface area contributed by atoms with Crippen LogP contribution in [0.15, 0.2) is 6.07 Å². The number of aromatic nitrogens is 2. The Labute approximate surface area is 98.9 Å². The Hall–Kier alpha value is -1.77. The molecule has 0 fully saturated rings. The van der Waals surface area contributed by atoms with E-state index in [1.165, 1.54) is 0 Å². The molecule has 0 unspecified atom stereocenters. The van der Waals surface area contributed by atoms with E-state index in [4.69, 9.17) is 5.73 Å². The third-order valence-electron chi connectivity index (χ3n) is 1.56. The molecule has 1 aromatic rings. The molecule has 8 nitrogen and oxygen atoms in total. The Morgan fingerprint density at radius 1 is 1.59 bits per heavy atom. The minimum Gasteiger partial charge on any atom is -0.383 e. The van der Waals surface area contributed by atoms with Crippen molar-refractivity contribution < 1.29 is 17.4 Å². The van der Waals surface area contributed by atoms with Crippen molar-refractivity contribution in [1.82, 2.24) is 15.1 Å². The van der Waals surface area contributed by atoms with Crippen molar-refractivity contribution in [2.45, 2.75) is 19.9 Å². The molecule has 1 rings (SSSR count). The van der Waals surface area contributed by atoms with E-state index in [1.54, 1.807) is 13.8 Å². The third kappa shape index (κ3) is 3.94. The number of rotatable bonds is 3. The highest BCUT2D eigenvalue weighted by atomic mass is 32.2. The highest BCUT2D eigenvalue weighted by Gasteiger charge is 2.16. The molecule has 0 bridgehead atoms. The molecule has 0 saturated heterocycles. The molecule has 3 N–H and O–H groups in total. The number of amides is 1. The standard InChI is InChI=1S/C8H14N4O4S/c1-5(2)10-8(13)12-6(9)4-7(11-12)16-17(3,14)15/h4-5H,9H2,1-3H3,(H,10,13). The normalized spacial score (nSPS) is 11.5. The molecular weight excluding hydrogens is 248 g/mol. The molecule has 0 spiro atoms. The van der Waals surface area contributed by atoms with Gasteiger partial charge in [0.2, 0.25) is 0 Å². The first-order chi connectivity index (χ1) is 7.69. The number of hydrogen-bond acceptors (Lipinski definition) is 6. The van der Waals surface area contributed by atoms with Crippen molar-refractivity contribution in [2.24, 2.45) is 0 Å². The van der Waals surface area contributed by atoms with E-state index in [-0.39, 0.29) is 17.7 Å². The number of nitrogens with one attached hydrogen (secondary N) is 1. The lowest BCUT2D eigenvalue weighted by atomic mass is 10.4. The predicted octanol–water partition coefficient (Wildman–Crippen LogP) is -0.230. The number of carbonyl (C=O) groups is 1. The predicted molar refractivity (Wildman–Crippen MR) is 61.2 cm³/mol. The zero-order chi connectivity index (χ0) is 13.2. The molecule has 1 amide bonds. The Kier molecular flexibility index (Phi) is 3.61. The van der Waals surface area contributed by atoms with Crippen LogP contribution < -0.4 is 15.2 Å². The van der Waals surface area contributed by atoms with E-state index in [0.29, 0.717) is 0 Å². The largest absolute Gasteiger partial charge is 0.383 e. The number of hydrogen-bond donors (Lipinski definition) is 2. The van der Waals surface area contributed by atoms with Gasteiger partial charge in [-0.2, -0.15) is 13.1 Å². The minimum atomic E-state index is -3.69. The molecule has 0 aliphatic carbocycles. The van der Waals surface area contributed by atoms with Crippen LogP contribution in [0, 0.1) is 0 Å². The summed E-state index contributed by atoms with van der Waals surface area (Å²) in [6.45, 7) is 3.54. The van der Waals surface area contributed by atoms with E-state index in [0.717, 1.165) is 17.0 Å². The van der Waals surface area contributed by atoms with E-state index in [2.05, 4.69) is 14.6 Å². The first kappa shape index (κ1) is 13.3. The van der Waals surface area contributed by atoms with Crippen LogP contribution in [0.5, 0.6) is 5.88 Å². The monoisotopic (exact) mass is 262 g/mol. The highest BCUT2D eigenvalue weighted by molar-refractivity contribution is 7.86. The summed E-state index contributed by atoms with van der Waals surface area (Å²) in [5.74, 6) is -0.259. The van der Waals surface area contributed by atoms with Gasteiger partial charge >= 0.3 is 16.1 Å². The van der Waals surface area contributed by atoms with Crippen molar-refractivity contribution >= 4 is 22.0 Å². The van der Waals surface area contributed by atoms with Gasteiger partial charge in [0.1, 0.15) is 5.82 Å². The fourth-order valence-electron chi connectivity index (χ4n) is 1.04. The summed E-state index contributed by atoms with van der Waals surface area (Å²) in [6, 6.07) is 0.507. The molecule has 0 aliphatic heterocycles. The van der Waals surface area contributed by atoms with Gasteiger partial charge in [-0.15, -0.1) is 5.10 Å². The van der Waals surface area contributed by atoms with Gasteiger partial charge in [-0.05, 0) is 13.8 Å². The van der Waals surface area contributed by atoms with Gasteiger partial charge in [0, 0.05) is 12.1 Å². The maximum Gasteiger partial charge on any atom is 0.344 e. The molecule has 17 heavy (non-hydrogen) atoms. The molecule has 1 aromatic heterocycles. The number of nitrogen functional groups attached to an aromatic ring is 1. The lowest BCUT2D eigenvalue weighted by molar-refractivity contribution is 0.237. The molecule has 1 heterocycles. The zero-order valence-corrected chi connectivity index (χ0v) is 10.5. The Morgan fingerprint density at radius 2 is 2.18 bits per heavy atom. The second-order valence-electron chi connectivity index (χ2n) is 3.71. The SMILES string of the molecule is CC(C)NC(=O)n1nc(OS(C)(=O)=O)cc1N. The average Bonchev–Trinajstić information content (AvgIpc) is 2.41. The topological polar surface area (TPSA) is 116 Å². The third-order valence-corrected chi connectivity index (χ3v) is 2.03. The molecule has 0 aromatic carbocycles. The summed E-state index contributed by atoms with van der Waals surface area (Å²) in [4.78, 5) is 11.6. The van der Waals surface area contributed by atoms with E-state index >= 15 is 0 Å². The fraction of sp³-hybridized carbons (Fsp3) is 0.500. The van der Waals surface area contributed by atoms with Crippen molar-refractivity contribution in [3.63, 3.8) is 0 Å². The van der Waals surface area contributed by atoms with Crippen LogP contribution in [0.4, 0.5) is 10.6 Å². The number of nitrogens with two attached hydrogens (primary N) is 1. The van der Waals surface area contributed by atoms with Crippen LogP contribution in [0.25, 0.3) is 0 Å². The molecule has 0 atom stereocenters. The number of nitrogens with zero attached hydrogens (tertiary/aromatic N) is 2. The van der Waals surface area contributed by atoms with Gasteiger partial charge in [0.15, 0.2) is 0 Å². The second-order valence-corrected chi connectivity index (χ2v) is 5.29. The zero-order valence-electron chi connectivity index (χ0n) is 9.67. The summed E-state index contributed by atoms with van der Waals surface area (Å²) in [6.07, 6.45) is 0.871.